The van der Waals surface area contributed by atoms with Crippen molar-refractivity contribution in [2.24, 2.45) is 0 Å². The van der Waals surface area contributed by atoms with Gasteiger partial charge in [0.1, 0.15) is 0 Å². The van der Waals surface area contributed by atoms with Crippen LogP contribution in [0.25, 0.3) is 0 Å². The third kappa shape index (κ3) is 4.31. The fourth-order valence-electron chi connectivity index (χ4n) is 1.14. The number of rotatable bonds is 4. The molecule has 14 heavy (non-hydrogen) atoms. The molecule has 0 unspecified atom stereocenters. The Labute approximate surface area is 93.3 Å². The lowest BCUT2D eigenvalue weighted by atomic mass is 10.1. The first-order valence-corrected chi connectivity index (χ1v) is 7.00. The van der Waals surface area contributed by atoms with Gasteiger partial charge in [0, 0.05) is 15.7 Å². The highest BCUT2D eigenvalue weighted by molar-refractivity contribution is 8.13. The van der Waals surface area contributed by atoms with Gasteiger partial charge < -0.3 is 0 Å². The van der Waals surface area contributed by atoms with Gasteiger partial charge in [-0.3, -0.25) is 0 Å². The molecule has 0 saturated carbocycles. The Hall–Kier alpha value is -0.250. The van der Waals surface area contributed by atoms with Crippen LogP contribution in [0, 0.1) is 0 Å². The van der Waals surface area contributed by atoms with Crippen LogP contribution >= 0.6 is 22.3 Å². The Balaban J connectivity index is 2.51. The molecule has 2 nitrogen and oxygen atoms in total. The highest BCUT2D eigenvalue weighted by Gasteiger charge is 2.05. The van der Waals surface area contributed by atoms with Crippen molar-refractivity contribution in [3.8, 4) is 0 Å². The highest BCUT2D eigenvalue weighted by Crippen LogP contribution is 2.17. The van der Waals surface area contributed by atoms with Crippen LogP contribution in [0.15, 0.2) is 24.3 Å². The van der Waals surface area contributed by atoms with E-state index in [1.54, 1.807) is 6.07 Å². The van der Waals surface area contributed by atoms with Crippen molar-refractivity contribution in [1.29, 1.82) is 0 Å². The second-order valence-electron chi connectivity index (χ2n) is 2.94. The average Bonchev–Trinajstić information content (AvgIpc) is 2.06. The lowest BCUT2D eigenvalue weighted by Gasteiger charge is -2.01. The summed E-state index contributed by atoms with van der Waals surface area (Å²) < 4.78 is 21.3. The predicted molar refractivity (Wildman–Crippen MR) is 59.4 cm³/mol. The molecule has 0 saturated heterocycles. The van der Waals surface area contributed by atoms with Crippen molar-refractivity contribution in [3.05, 3.63) is 34.9 Å². The summed E-state index contributed by atoms with van der Waals surface area (Å²) in [5.74, 6) is -0.0141. The summed E-state index contributed by atoms with van der Waals surface area (Å²) >= 11 is 5.89. The van der Waals surface area contributed by atoms with E-state index in [2.05, 4.69) is 0 Å². The van der Waals surface area contributed by atoms with E-state index < -0.39 is 9.05 Å². The van der Waals surface area contributed by atoms with E-state index in [-0.39, 0.29) is 5.75 Å². The molecular formula is C9H10Cl2O2S. The molecule has 0 spiro atoms. The largest absolute Gasteiger partial charge is 0.232 e. The van der Waals surface area contributed by atoms with Gasteiger partial charge in [0.15, 0.2) is 0 Å². The molecule has 0 fully saturated rings. The third-order valence-electron chi connectivity index (χ3n) is 1.79. The molecule has 0 aliphatic rings. The summed E-state index contributed by atoms with van der Waals surface area (Å²) in [5, 5.41) is 0.666. The van der Waals surface area contributed by atoms with Gasteiger partial charge in [-0.1, -0.05) is 29.8 Å². The second kappa shape index (κ2) is 5.01. The normalized spacial score (nSPS) is 11.6. The molecule has 0 bridgehead atoms. The Morgan fingerprint density at radius 1 is 1.21 bits per heavy atom. The van der Waals surface area contributed by atoms with Crippen LogP contribution in [-0.4, -0.2) is 14.2 Å². The maximum absolute atomic E-state index is 10.6. The summed E-state index contributed by atoms with van der Waals surface area (Å²) in [6.07, 6.45) is 1.13. The van der Waals surface area contributed by atoms with Crippen LogP contribution < -0.4 is 0 Å². The molecule has 0 aliphatic carbocycles. The number of benzene rings is 1. The Kier molecular flexibility index (Phi) is 4.23. The molecule has 1 rings (SSSR count). The molecule has 0 aromatic heterocycles. The highest BCUT2D eigenvalue weighted by atomic mass is 35.7. The van der Waals surface area contributed by atoms with Gasteiger partial charge in [0.05, 0.1) is 5.75 Å². The van der Waals surface area contributed by atoms with Crippen molar-refractivity contribution >= 4 is 31.3 Å². The van der Waals surface area contributed by atoms with Gasteiger partial charge in [0.25, 0.3) is 0 Å². The predicted octanol–water partition coefficient (Wildman–Crippen LogP) is 2.84. The zero-order chi connectivity index (χ0) is 10.6. The minimum absolute atomic E-state index is 0.0141. The Morgan fingerprint density at radius 3 is 2.43 bits per heavy atom. The fraction of sp³-hybridized carbons (Fsp3) is 0.333. The lowest BCUT2D eigenvalue weighted by Crippen LogP contribution is -1.99. The lowest BCUT2D eigenvalue weighted by molar-refractivity contribution is 0.607. The molecule has 0 aliphatic heterocycles. The van der Waals surface area contributed by atoms with E-state index in [0.29, 0.717) is 17.9 Å². The standard InChI is InChI=1S/C9H10Cl2O2S/c10-9-6-2-1-4-8(9)5-3-7-14(11,12)13/h1-2,4,6H,3,5,7H2. The van der Waals surface area contributed by atoms with Gasteiger partial charge in [-0.25, -0.2) is 8.42 Å². The van der Waals surface area contributed by atoms with Gasteiger partial charge >= 0.3 is 0 Å². The van der Waals surface area contributed by atoms with Gasteiger partial charge in [-0.15, -0.1) is 0 Å². The van der Waals surface area contributed by atoms with Crippen molar-refractivity contribution < 1.29 is 8.42 Å². The molecule has 0 radical (unpaired) electrons. The third-order valence-corrected chi connectivity index (χ3v) is 3.40. The van der Waals surface area contributed by atoms with Crippen LogP contribution in [0.4, 0.5) is 0 Å². The molecule has 1 aromatic carbocycles. The van der Waals surface area contributed by atoms with Crippen LogP contribution in [0.3, 0.4) is 0 Å². The molecule has 78 valence electrons. The van der Waals surface area contributed by atoms with Crippen molar-refractivity contribution in [3.63, 3.8) is 0 Å². The summed E-state index contributed by atoms with van der Waals surface area (Å²) in [6.45, 7) is 0. The quantitative estimate of drug-likeness (QED) is 0.773. The van der Waals surface area contributed by atoms with E-state index in [1.165, 1.54) is 0 Å². The monoisotopic (exact) mass is 252 g/mol. The van der Waals surface area contributed by atoms with Crippen LogP contribution in [-0.2, 0) is 15.5 Å². The first-order valence-electron chi connectivity index (χ1n) is 4.15. The Bertz CT molecular complexity index is 401. The van der Waals surface area contributed by atoms with Crippen molar-refractivity contribution in [1.82, 2.24) is 0 Å². The molecule has 0 N–H and O–H groups in total. The van der Waals surface area contributed by atoms with Gasteiger partial charge in [0.2, 0.25) is 9.05 Å². The summed E-state index contributed by atoms with van der Waals surface area (Å²) in [5.41, 5.74) is 0.953. The molecule has 5 heteroatoms. The van der Waals surface area contributed by atoms with Gasteiger partial charge in [-0.05, 0) is 24.5 Å². The summed E-state index contributed by atoms with van der Waals surface area (Å²) in [4.78, 5) is 0. The van der Waals surface area contributed by atoms with Crippen molar-refractivity contribution in [2.45, 2.75) is 12.8 Å². The Morgan fingerprint density at radius 2 is 1.86 bits per heavy atom. The SMILES string of the molecule is O=S(=O)(Cl)CCCc1ccccc1Cl. The summed E-state index contributed by atoms with van der Waals surface area (Å²) in [7, 11) is 1.70. The smallest absolute Gasteiger partial charge is 0.212 e. The average molecular weight is 253 g/mol. The van der Waals surface area contributed by atoms with Crippen molar-refractivity contribution in [2.75, 3.05) is 5.75 Å². The van der Waals surface area contributed by atoms with E-state index in [1.807, 2.05) is 18.2 Å². The number of aryl methyl sites for hydroxylation is 1. The first kappa shape index (κ1) is 11.8. The van der Waals surface area contributed by atoms with Crippen LogP contribution in [0.5, 0.6) is 0 Å². The number of hydrogen-bond donors (Lipinski definition) is 0. The fourth-order valence-corrected chi connectivity index (χ4v) is 2.18. The van der Waals surface area contributed by atoms with E-state index in [4.69, 9.17) is 22.3 Å². The van der Waals surface area contributed by atoms with E-state index in [0.717, 1.165) is 5.56 Å². The zero-order valence-electron chi connectivity index (χ0n) is 7.41. The van der Waals surface area contributed by atoms with Crippen LogP contribution in [0.1, 0.15) is 12.0 Å². The maximum Gasteiger partial charge on any atom is 0.232 e. The minimum Gasteiger partial charge on any atom is -0.212 e. The minimum atomic E-state index is -3.38. The van der Waals surface area contributed by atoms with Gasteiger partial charge in [-0.2, -0.15) is 0 Å². The van der Waals surface area contributed by atoms with E-state index >= 15 is 0 Å². The molecule has 0 atom stereocenters. The summed E-state index contributed by atoms with van der Waals surface area (Å²) in [6, 6.07) is 7.37. The molecule has 0 amide bonds. The van der Waals surface area contributed by atoms with E-state index in [9.17, 15) is 8.42 Å². The first-order chi connectivity index (χ1) is 6.49. The molecular weight excluding hydrogens is 243 g/mol. The maximum atomic E-state index is 10.6. The number of hydrogen-bond acceptors (Lipinski definition) is 2. The molecule has 1 aromatic rings. The zero-order valence-corrected chi connectivity index (χ0v) is 9.74. The molecule has 0 heterocycles. The topological polar surface area (TPSA) is 34.1 Å². The van der Waals surface area contributed by atoms with Crippen LogP contribution in [0.2, 0.25) is 5.02 Å². The second-order valence-corrected chi connectivity index (χ2v) is 6.24. The number of halogens is 2.